The highest BCUT2D eigenvalue weighted by Gasteiger charge is 2.19. The standard InChI is InChI=1S/C16H20N4OS2/c1-5-13-17-10(2)15(23-13)11(3)19(4)9-12-8-14(21)20-6-7-22-16(20)18-12/h6-8,11H,5,9H2,1-4H3. The van der Waals surface area contributed by atoms with Gasteiger partial charge < -0.3 is 0 Å². The van der Waals surface area contributed by atoms with Crippen LogP contribution >= 0.6 is 22.7 Å². The zero-order valence-electron chi connectivity index (χ0n) is 13.7. The molecule has 0 saturated heterocycles. The zero-order valence-corrected chi connectivity index (χ0v) is 15.4. The number of hydrogen-bond acceptors (Lipinski definition) is 6. The van der Waals surface area contributed by atoms with Crippen molar-refractivity contribution in [1.29, 1.82) is 0 Å². The van der Waals surface area contributed by atoms with Gasteiger partial charge in [-0.25, -0.2) is 9.97 Å². The predicted molar refractivity (Wildman–Crippen MR) is 95.5 cm³/mol. The largest absolute Gasteiger partial charge is 0.293 e. The van der Waals surface area contributed by atoms with Crippen LogP contribution in [-0.4, -0.2) is 26.3 Å². The molecule has 0 saturated carbocycles. The summed E-state index contributed by atoms with van der Waals surface area (Å²) in [6.07, 6.45) is 2.73. The van der Waals surface area contributed by atoms with Crippen LogP contribution in [0.15, 0.2) is 22.4 Å². The van der Waals surface area contributed by atoms with Crippen LogP contribution in [0.2, 0.25) is 0 Å². The Morgan fingerprint density at radius 2 is 2.17 bits per heavy atom. The van der Waals surface area contributed by atoms with Gasteiger partial charge in [0.25, 0.3) is 5.56 Å². The molecule has 0 spiro atoms. The molecule has 7 heteroatoms. The molecule has 0 aliphatic heterocycles. The van der Waals surface area contributed by atoms with Crippen molar-refractivity contribution < 1.29 is 0 Å². The highest BCUT2D eigenvalue weighted by molar-refractivity contribution is 7.15. The zero-order chi connectivity index (χ0) is 16.6. The van der Waals surface area contributed by atoms with Crippen LogP contribution in [0.4, 0.5) is 0 Å². The van der Waals surface area contributed by atoms with E-state index < -0.39 is 0 Å². The first-order valence-corrected chi connectivity index (χ1v) is 9.31. The predicted octanol–water partition coefficient (Wildman–Crippen LogP) is 3.28. The van der Waals surface area contributed by atoms with Gasteiger partial charge in [-0.1, -0.05) is 6.92 Å². The molecule has 5 nitrogen and oxygen atoms in total. The third-order valence-corrected chi connectivity index (χ3v) is 6.22. The van der Waals surface area contributed by atoms with Crippen LogP contribution in [0.25, 0.3) is 4.96 Å². The van der Waals surface area contributed by atoms with Crippen molar-refractivity contribution in [3.8, 4) is 0 Å². The number of aromatic nitrogens is 3. The van der Waals surface area contributed by atoms with Crippen molar-refractivity contribution in [3.63, 3.8) is 0 Å². The lowest BCUT2D eigenvalue weighted by Crippen LogP contribution is -2.24. The average molecular weight is 348 g/mol. The summed E-state index contributed by atoms with van der Waals surface area (Å²) in [4.78, 5) is 25.5. The Morgan fingerprint density at radius 3 is 2.87 bits per heavy atom. The molecule has 0 bridgehead atoms. The highest BCUT2D eigenvalue weighted by atomic mass is 32.1. The summed E-state index contributed by atoms with van der Waals surface area (Å²) < 4.78 is 1.58. The summed E-state index contributed by atoms with van der Waals surface area (Å²) in [7, 11) is 2.06. The molecule has 3 rings (SSSR count). The molecule has 3 aromatic rings. The maximum absolute atomic E-state index is 12.1. The molecule has 23 heavy (non-hydrogen) atoms. The number of nitrogens with zero attached hydrogens (tertiary/aromatic N) is 4. The van der Waals surface area contributed by atoms with E-state index in [1.165, 1.54) is 21.2 Å². The minimum absolute atomic E-state index is 0.0189. The lowest BCUT2D eigenvalue weighted by molar-refractivity contribution is 0.252. The molecule has 3 heterocycles. The molecule has 0 fully saturated rings. The Hall–Kier alpha value is -1.57. The molecule has 0 radical (unpaired) electrons. The summed E-state index contributed by atoms with van der Waals surface area (Å²) in [6, 6.07) is 1.87. The van der Waals surface area contributed by atoms with Crippen LogP contribution in [0.3, 0.4) is 0 Å². The first-order valence-electron chi connectivity index (χ1n) is 7.61. The van der Waals surface area contributed by atoms with E-state index in [0.717, 1.165) is 22.8 Å². The highest BCUT2D eigenvalue weighted by Crippen LogP contribution is 2.29. The maximum Gasteiger partial charge on any atom is 0.258 e. The third-order valence-electron chi connectivity index (χ3n) is 3.99. The average Bonchev–Trinajstić information content (AvgIpc) is 3.12. The Bertz CT molecular complexity index is 880. The summed E-state index contributed by atoms with van der Waals surface area (Å²) in [6.45, 7) is 7.02. The molecule has 1 atom stereocenters. The Kier molecular flexibility index (Phi) is 4.61. The number of aryl methyl sites for hydroxylation is 2. The van der Waals surface area contributed by atoms with Gasteiger partial charge in [-0.15, -0.1) is 22.7 Å². The van der Waals surface area contributed by atoms with Crippen molar-refractivity contribution >= 4 is 27.6 Å². The van der Waals surface area contributed by atoms with Gasteiger partial charge in [0.15, 0.2) is 4.96 Å². The van der Waals surface area contributed by atoms with Crippen LogP contribution in [0.1, 0.15) is 41.2 Å². The van der Waals surface area contributed by atoms with Gasteiger partial charge in [-0.3, -0.25) is 14.1 Å². The molecule has 0 N–H and O–H groups in total. The number of hydrogen-bond donors (Lipinski definition) is 0. The van der Waals surface area contributed by atoms with Crippen LogP contribution in [0.5, 0.6) is 0 Å². The lowest BCUT2D eigenvalue weighted by atomic mass is 10.2. The third kappa shape index (κ3) is 3.22. The van der Waals surface area contributed by atoms with Crippen LogP contribution in [-0.2, 0) is 13.0 Å². The Morgan fingerprint density at radius 1 is 1.39 bits per heavy atom. The molecular formula is C16H20N4OS2. The number of fused-ring (bicyclic) bond motifs is 1. The van der Waals surface area contributed by atoms with Gasteiger partial charge in [0.2, 0.25) is 0 Å². The van der Waals surface area contributed by atoms with Crippen molar-refractivity contribution in [3.05, 3.63) is 49.3 Å². The minimum Gasteiger partial charge on any atom is -0.293 e. The van der Waals surface area contributed by atoms with Gasteiger partial charge >= 0.3 is 0 Å². The molecule has 3 aromatic heterocycles. The lowest BCUT2D eigenvalue weighted by Gasteiger charge is -2.23. The first kappa shape index (κ1) is 16.3. The quantitative estimate of drug-likeness (QED) is 0.710. The fraction of sp³-hybridized carbons (Fsp3) is 0.438. The van der Waals surface area contributed by atoms with E-state index in [1.807, 2.05) is 5.38 Å². The van der Waals surface area contributed by atoms with Gasteiger partial charge in [0.05, 0.1) is 16.4 Å². The molecule has 0 amide bonds. The van der Waals surface area contributed by atoms with E-state index in [2.05, 4.69) is 42.7 Å². The summed E-state index contributed by atoms with van der Waals surface area (Å²) >= 11 is 3.26. The van der Waals surface area contributed by atoms with E-state index >= 15 is 0 Å². The van der Waals surface area contributed by atoms with Gasteiger partial charge in [-0.05, 0) is 27.3 Å². The second kappa shape index (κ2) is 6.51. The van der Waals surface area contributed by atoms with Gasteiger partial charge in [-0.2, -0.15) is 0 Å². The molecule has 0 aliphatic rings. The summed E-state index contributed by atoms with van der Waals surface area (Å²) in [5.41, 5.74) is 1.90. The van der Waals surface area contributed by atoms with Crippen molar-refractivity contribution in [2.24, 2.45) is 0 Å². The van der Waals surface area contributed by atoms with Crippen molar-refractivity contribution in [2.45, 2.75) is 39.8 Å². The fourth-order valence-electron chi connectivity index (χ4n) is 2.57. The SMILES string of the molecule is CCc1nc(C)c(C(C)N(C)Cc2cc(=O)n3ccsc3n2)s1. The second-order valence-electron chi connectivity index (χ2n) is 5.64. The van der Waals surface area contributed by atoms with Crippen molar-refractivity contribution in [1.82, 2.24) is 19.3 Å². The first-order chi connectivity index (χ1) is 11.0. The van der Waals surface area contributed by atoms with E-state index in [1.54, 1.807) is 28.0 Å². The number of thiazole rings is 2. The molecule has 1 unspecified atom stereocenters. The summed E-state index contributed by atoms with van der Waals surface area (Å²) in [5, 5.41) is 3.06. The maximum atomic E-state index is 12.1. The Labute approximate surface area is 143 Å². The van der Waals surface area contributed by atoms with E-state index in [0.29, 0.717) is 6.54 Å². The smallest absolute Gasteiger partial charge is 0.258 e. The normalized spacial score (nSPS) is 13.1. The van der Waals surface area contributed by atoms with E-state index in [-0.39, 0.29) is 11.6 Å². The Balaban J connectivity index is 1.82. The van der Waals surface area contributed by atoms with Gasteiger partial charge in [0, 0.05) is 35.1 Å². The monoisotopic (exact) mass is 348 g/mol. The van der Waals surface area contributed by atoms with E-state index in [9.17, 15) is 4.79 Å². The topological polar surface area (TPSA) is 50.5 Å². The van der Waals surface area contributed by atoms with Crippen molar-refractivity contribution in [2.75, 3.05) is 7.05 Å². The molecule has 122 valence electrons. The summed E-state index contributed by atoms with van der Waals surface area (Å²) in [5.74, 6) is 0. The number of rotatable bonds is 5. The minimum atomic E-state index is -0.0189. The van der Waals surface area contributed by atoms with Gasteiger partial charge in [0.1, 0.15) is 0 Å². The molecular weight excluding hydrogens is 328 g/mol. The van der Waals surface area contributed by atoms with Crippen LogP contribution in [0, 0.1) is 6.92 Å². The van der Waals surface area contributed by atoms with E-state index in [4.69, 9.17) is 0 Å². The van der Waals surface area contributed by atoms with Crippen LogP contribution < -0.4 is 5.56 Å². The molecule has 0 aromatic carbocycles. The second-order valence-corrected chi connectivity index (χ2v) is 7.63. The fourth-order valence-corrected chi connectivity index (χ4v) is 4.43. The molecule has 0 aliphatic carbocycles.